The number of hydrogen-bond acceptors (Lipinski definition) is 2. The molecule has 9 heavy (non-hydrogen) atoms. The van der Waals surface area contributed by atoms with E-state index in [4.69, 9.17) is 6.11 Å². The van der Waals surface area contributed by atoms with E-state index < -0.39 is 0 Å². The highest BCUT2D eigenvalue weighted by Gasteiger charge is 1.88. The smallest absolute Gasteiger partial charge is 0.137 e. The van der Waals surface area contributed by atoms with Crippen molar-refractivity contribution in [2.75, 3.05) is 7.09 Å². The van der Waals surface area contributed by atoms with Crippen LogP contribution >= 0.6 is 15.9 Å². The lowest BCUT2D eigenvalue weighted by atomic mass is 10.5. The van der Waals surface area contributed by atoms with Crippen molar-refractivity contribution < 1.29 is 6.11 Å². The molecule has 0 fully saturated rings. The van der Waals surface area contributed by atoms with Crippen LogP contribution in [0.1, 0.15) is 1.37 Å². The van der Waals surface area contributed by atoms with Gasteiger partial charge in [0, 0.05) is 0 Å². The van der Waals surface area contributed by atoms with Crippen LogP contribution in [0, 0.1) is 0 Å². The monoisotopic (exact) mass is 188 g/mol. The third-order valence-corrected chi connectivity index (χ3v) is 1.34. The Morgan fingerprint density at radius 3 is 3.22 bits per heavy atom. The number of hydrogen-bond donors (Lipinski definition) is 0. The van der Waals surface area contributed by atoms with Crippen molar-refractivity contribution in [2.45, 2.75) is 0 Å². The van der Waals surface area contributed by atoms with Gasteiger partial charge in [0.05, 0.1) is 14.7 Å². The van der Waals surface area contributed by atoms with E-state index in [1.165, 1.54) is 0 Å². The molecule has 0 N–H and O–H groups in total. The quantitative estimate of drug-likeness (QED) is 0.629. The first-order valence-electron chi connectivity index (χ1n) is 3.07. The molecule has 0 aliphatic carbocycles. The Kier molecular flexibility index (Phi) is 1.64. The molecule has 0 saturated heterocycles. The van der Waals surface area contributed by atoms with Crippen molar-refractivity contribution in [3.05, 3.63) is 22.9 Å². The summed E-state index contributed by atoms with van der Waals surface area (Å²) in [7, 11) is -0.0662. The topological polar surface area (TPSA) is 22.1 Å². The molecule has 0 amide bonds. The molecule has 0 unspecified atom stereocenters. The van der Waals surface area contributed by atoms with E-state index in [-0.39, 0.29) is 7.09 Å². The van der Waals surface area contributed by atoms with E-state index in [0.29, 0.717) is 5.75 Å². The van der Waals surface area contributed by atoms with Gasteiger partial charge in [0.25, 0.3) is 0 Å². The molecule has 0 radical (unpaired) electrons. The van der Waals surface area contributed by atoms with Crippen LogP contribution in [0.3, 0.4) is 0 Å². The van der Waals surface area contributed by atoms with Crippen LogP contribution in [-0.2, 0) is 0 Å². The molecule has 0 spiro atoms. The predicted octanol–water partition coefficient (Wildman–Crippen LogP) is 1.85. The third-order valence-electron chi connectivity index (χ3n) is 0.867. The van der Waals surface area contributed by atoms with E-state index in [0.717, 1.165) is 4.60 Å². The maximum atomic E-state index is 6.73. The van der Waals surface area contributed by atoms with E-state index >= 15 is 0 Å². The molecule has 1 rings (SSSR count). The first-order valence-corrected chi connectivity index (χ1v) is 3.16. The molecule has 48 valence electrons. The summed E-state index contributed by atoms with van der Waals surface area (Å²) in [6.45, 7) is 0. The summed E-state index contributed by atoms with van der Waals surface area (Å²) in [6, 6.07) is 3.52. The normalized spacial score (nSPS) is 10.6. The molecule has 0 atom stereocenters. The van der Waals surface area contributed by atoms with Crippen molar-refractivity contribution in [1.29, 1.82) is 0 Å². The molecular formula is C6H6BrNO. The Balaban J connectivity index is 2.69. The third kappa shape index (κ3) is 1.68. The molecule has 0 aromatic carbocycles. The molecule has 0 aliphatic heterocycles. The van der Waals surface area contributed by atoms with Crippen molar-refractivity contribution in [3.8, 4) is 5.75 Å². The first kappa shape index (κ1) is 5.23. The van der Waals surface area contributed by atoms with Gasteiger partial charge in [-0.1, -0.05) is 0 Å². The van der Waals surface area contributed by atoms with Gasteiger partial charge in [-0.2, -0.15) is 0 Å². The Morgan fingerprint density at radius 1 is 1.78 bits per heavy atom. The largest absolute Gasteiger partial charge is 0.495 e. The number of aromatic nitrogens is 1. The summed E-state index contributed by atoms with van der Waals surface area (Å²) in [5, 5.41) is 0. The van der Waals surface area contributed by atoms with Crippen molar-refractivity contribution in [2.24, 2.45) is 0 Å². The molecule has 1 heterocycles. The van der Waals surface area contributed by atoms with Gasteiger partial charge in [-0.05, 0) is 28.1 Å². The Hall–Kier alpha value is -0.570. The molecular weight excluding hydrogens is 182 g/mol. The highest BCUT2D eigenvalue weighted by molar-refractivity contribution is 9.10. The maximum absolute atomic E-state index is 6.73. The van der Waals surface area contributed by atoms with Crippen molar-refractivity contribution >= 4 is 15.9 Å². The van der Waals surface area contributed by atoms with Gasteiger partial charge in [0.1, 0.15) is 10.4 Å². The lowest BCUT2D eigenvalue weighted by Crippen LogP contribution is -1.82. The highest BCUT2D eigenvalue weighted by Crippen LogP contribution is 2.11. The molecule has 1 aromatic rings. The lowest BCUT2D eigenvalue weighted by Gasteiger charge is -1.95. The van der Waals surface area contributed by atoms with Gasteiger partial charge in [-0.3, -0.25) is 0 Å². The summed E-state index contributed by atoms with van der Waals surface area (Å²) in [6.07, 6.45) is 1.57. The van der Waals surface area contributed by atoms with Crippen LogP contribution in [0.2, 0.25) is 0 Å². The fourth-order valence-corrected chi connectivity index (χ4v) is 0.682. The molecule has 1 aromatic heterocycles. The molecule has 0 bridgehead atoms. The number of methoxy groups -OCH3 is 1. The Morgan fingerprint density at radius 2 is 2.67 bits per heavy atom. The summed E-state index contributed by atoms with van der Waals surface area (Å²) in [5.74, 6) is 0.623. The number of nitrogens with zero attached hydrogens (tertiary/aromatic N) is 1. The zero-order valence-electron chi connectivity index (χ0n) is 5.67. The SMILES string of the molecule is [2H]COc1ccc(Br)nc1. The first-order chi connectivity index (χ1) is 4.83. The average molecular weight is 189 g/mol. The van der Waals surface area contributed by atoms with Gasteiger partial charge in [-0.15, -0.1) is 0 Å². The van der Waals surface area contributed by atoms with Gasteiger partial charge < -0.3 is 4.74 Å². The van der Waals surface area contributed by atoms with Gasteiger partial charge >= 0.3 is 0 Å². The van der Waals surface area contributed by atoms with Gasteiger partial charge in [-0.25, -0.2) is 4.98 Å². The van der Waals surface area contributed by atoms with Gasteiger partial charge in [0.2, 0.25) is 0 Å². The minimum atomic E-state index is -0.0662. The lowest BCUT2D eigenvalue weighted by molar-refractivity contribution is 0.412. The second kappa shape index (κ2) is 2.82. The fraction of sp³-hybridized carbons (Fsp3) is 0.167. The minimum absolute atomic E-state index is 0.0662. The molecule has 2 nitrogen and oxygen atoms in total. The number of pyridine rings is 1. The number of ether oxygens (including phenoxy) is 1. The summed E-state index contributed by atoms with van der Waals surface area (Å²) < 4.78 is 12.3. The Labute approximate surface area is 63.4 Å². The highest BCUT2D eigenvalue weighted by atomic mass is 79.9. The Bertz CT molecular complexity index is 201. The van der Waals surface area contributed by atoms with Crippen LogP contribution in [-0.4, -0.2) is 12.1 Å². The van der Waals surface area contributed by atoms with Crippen LogP contribution in [0.5, 0.6) is 5.75 Å². The second-order valence-electron chi connectivity index (χ2n) is 1.46. The second-order valence-corrected chi connectivity index (χ2v) is 2.27. The number of halogens is 1. The predicted molar refractivity (Wildman–Crippen MR) is 38.5 cm³/mol. The molecule has 0 aliphatic rings. The van der Waals surface area contributed by atoms with Crippen molar-refractivity contribution in [3.63, 3.8) is 0 Å². The maximum Gasteiger partial charge on any atom is 0.137 e. The average Bonchev–Trinajstić information content (AvgIpc) is 1.95. The van der Waals surface area contributed by atoms with Crippen LogP contribution in [0.25, 0.3) is 0 Å². The summed E-state index contributed by atoms with van der Waals surface area (Å²) in [4.78, 5) is 3.91. The van der Waals surface area contributed by atoms with Crippen LogP contribution in [0.15, 0.2) is 22.9 Å². The van der Waals surface area contributed by atoms with E-state index in [2.05, 4.69) is 20.9 Å². The van der Waals surface area contributed by atoms with Crippen LogP contribution in [0.4, 0.5) is 0 Å². The molecule has 0 saturated carbocycles. The standard InChI is InChI=1S/C6H6BrNO/c1-9-5-2-3-6(7)8-4-5/h2-4H,1H3/i1D. The molecule has 3 heteroatoms. The number of rotatable bonds is 1. The van der Waals surface area contributed by atoms with E-state index in [1.54, 1.807) is 18.3 Å². The van der Waals surface area contributed by atoms with E-state index in [9.17, 15) is 0 Å². The zero-order valence-corrected chi connectivity index (χ0v) is 6.26. The minimum Gasteiger partial charge on any atom is -0.495 e. The van der Waals surface area contributed by atoms with Crippen molar-refractivity contribution in [1.82, 2.24) is 4.98 Å². The van der Waals surface area contributed by atoms with Crippen LogP contribution < -0.4 is 4.74 Å². The fourth-order valence-electron chi connectivity index (χ4n) is 0.448. The summed E-state index contributed by atoms with van der Waals surface area (Å²) >= 11 is 3.18. The van der Waals surface area contributed by atoms with E-state index in [1.807, 2.05) is 0 Å². The van der Waals surface area contributed by atoms with Gasteiger partial charge in [0.15, 0.2) is 0 Å². The summed E-state index contributed by atoms with van der Waals surface area (Å²) in [5.41, 5.74) is 0. The zero-order chi connectivity index (χ0) is 7.40.